The van der Waals surface area contributed by atoms with Crippen molar-refractivity contribution in [2.75, 3.05) is 7.05 Å². The number of carbonyl (C=O) groups is 1. The first kappa shape index (κ1) is 18.0. The van der Waals surface area contributed by atoms with Crippen molar-refractivity contribution in [3.8, 4) is 0 Å². The monoisotopic (exact) mass is 347 g/mol. The van der Waals surface area contributed by atoms with E-state index in [-0.39, 0.29) is 17.6 Å². The third kappa shape index (κ3) is 2.48. The van der Waals surface area contributed by atoms with E-state index >= 15 is 0 Å². The summed E-state index contributed by atoms with van der Waals surface area (Å²) in [5.41, 5.74) is 0.544. The fourth-order valence-electron chi connectivity index (χ4n) is 8.27. The minimum Gasteiger partial charge on any atom is -0.391 e. The zero-order valence-electron chi connectivity index (χ0n) is 16.6. The molecule has 0 heterocycles. The van der Waals surface area contributed by atoms with E-state index in [0.717, 1.165) is 42.9 Å². The van der Waals surface area contributed by atoms with Crippen LogP contribution in [-0.2, 0) is 4.79 Å². The largest absolute Gasteiger partial charge is 0.391 e. The molecule has 4 aliphatic carbocycles. The predicted octanol–water partition coefficient (Wildman–Crippen LogP) is 3.79. The summed E-state index contributed by atoms with van der Waals surface area (Å²) in [6, 6.07) is 0.275. The second-order valence-electron chi connectivity index (χ2n) is 10.3. The van der Waals surface area contributed by atoms with Crippen molar-refractivity contribution in [2.24, 2.45) is 40.4 Å². The molecule has 9 atom stereocenters. The molecule has 3 nitrogen and oxygen atoms in total. The van der Waals surface area contributed by atoms with Gasteiger partial charge in [-0.25, -0.2) is 0 Å². The van der Waals surface area contributed by atoms with E-state index in [1.165, 1.54) is 32.1 Å². The van der Waals surface area contributed by atoms with E-state index < -0.39 is 0 Å². The highest BCUT2D eigenvalue weighted by Gasteiger charge is 2.61. The molecule has 0 spiro atoms. The quantitative estimate of drug-likeness (QED) is 0.799. The smallest absolute Gasteiger partial charge is 0.133 e. The van der Waals surface area contributed by atoms with Crippen LogP contribution in [0.5, 0.6) is 0 Å². The van der Waals surface area contributed by atoms with Crippen molar-refractivity contribution in [1.29, 1.82) is 0 Å². The molecule has 0 aromatic heterocycles. The second kappa shape index (κ2) is 6.05. The second-order valence-corrected chi connectivity index (χ2v) is 10.3. The Morgan fingerprint density at radius 3 is 2.44 bits per heavy atom. The number of hydrogen-bond donors (Lipinski definition) is 2. The van der Waals surface area contributed by atoms with Crippen LogP contribution in [0.2, 0.25) is 0 Å². The molecule has 0 aromatic carbocycles. The zero-order valence-corrected chi connectivity index (χ0v) is 16.6. The Labute approximate surface area is 153 Å². The molecule has 4 saturated carbocycles. The molecular weight excluding hydrogens is 310 g/mol. The normalized spacial score (nSPS) is 55.2. The summed E-state index contributed by atoms with van der Waals surface area (Å²) in [5, 5.41) is 14.1. The first-order valence-corrected chi connectivity index (χ1v) is 10.7. The van der Waals surface area contributed by atoms with E-state index in [1.54, 1.807) is 0 Å². The fraction of sp³-hybridized carbons (Fsp3) is 0.955. The van der Waals surface area contributed by atoms with Crippen molar-refractivity contribution in [3.63, 3.8) is 0 Å². The Balaban J connectivity index is 1.60. The predicted molar refractivity (Wildman–Crippen MR) is 100 cm³/mol. The summed E-state index contributed by atoms with van der Waals surface area (Å²) < 4.78 is 0. The van der Waals surface area contributed by atoms with Crippen molar-refractivity contribution in [1.82, 2.24) is 5.32 Å². The number of rotatable bonds is 2. The molecule has 4 rings (SSSR count). The molecule has 3 heteroatoms. The molecule has 4 fully saturated rings. The molecule has 0 aromatic rings. The number of Topliss-reactive ketones (excluding diaryl/α,β-unsaturated/α-hetero) is 1. The average molecular weight is 348 g/mol. The van der Waals surface area contributed by atoms with Crippen LogP contribution in [0.3, 0.4) is 0 Å². The Morgan fingerprint density at radius 2 is 1.76 bits per heavy atom. The Bertz CT molecular complexity index is 548. The Hall–Kier alpha value is -0.410. The molecule has 142 valence electrons. The lowest BCUT2D eigenvalue weighted by molar-refractivity contribution is -0.143. The number of aliphatic hydroxyl groups excluding tert-OH is 1. The van der Waals surface area contributed by atoms with E-state index in [1.807, 2.05) is 14.0 Å². The third-order valence-electron chi connectivity index (χ3n) is 9.58. The van der Waals surface area contributed by atoms with Gasteiger partial charge in [0.1, 0.15) is 5.78 Å². The summed E-state index contributed by atoms with van der Waals surface area (Å²) in [4.78, 5) is 12.2. The van der Waals surface area contributed by atoms with Gasteiger partial charge in [0.05, 0.1) is 6.10 Å². The highest BCUT2D eigenvalue weighted by Crippen LogP contribution is 2.67. The number of nitrogens with one attached hydrogen (secondary N) is 1. The van der Waals surface area contributed by atoms with Crippen molar-refractivity contribution in [3.05, 3.63) is 0 Å². The van der Waals surface area contributed by atoms with E-state index in [2.05, 4.69) is 19.2 Å². The van der Waals surface area contributed by atoms with Gasteiger partial charge in [-0.1, -0.05) is 13.8 Å². The van der Waals surface area contributed by atoms with Crippen molar-refractivity contribution >= 4 is 5.78 Å². The minimum atomic E-state index is -0.202. The molecule has 3 unspecified atom stereocenters. The van der Waals surface area contributed by atoms with E-state index in [9.17, 15) is 9.90 Å². The first-order chi connectivity index (χ1) is 11.8. The average Bonchev–Trinajstić information content (AvgIpc) is 2.91. The number of aliphatic hydroxyl groups is 1. The van der Waals surface area contributed by atoms with Crippen LogP contribution in [0.4, 0.5) is 0 Å². The lowest BCUT2D eigenvalue weighted by Gasteiger charge is -2.61. The molecular formula is C22H37NO2. The SMILES string of the molecule is CNC1CC2CC[C@H]3[C@@H]4CC[C@H](C(C)=O)[C@@]4(C)CC[C@@H]3[C@@]2(C)CC1O. The highest BCUT2D eigenvalue weighted by atomic mass is 16.3. The van der Waals surface area contributed by atoms with Crippen LogP contribution >= 0.6 is 0 Å². The summed E-state index contributed by atoms with van der Waals surface area (Å²) in [7, 11) is 1.99. The number of likely N-dealkylation sites (N-methyl/N-ethyl adjacent to an activating group) is 1. The molecule has 0 amide bonds. The van der Waals surface area contributed by atoms with E-state index in [0.29, 0.717) is 17.1 Å². The molecule has 0 bridgehead atoms. The third-order valence-corrected chi connectivity index (χ3v) is 9.58. The van der Waals surface area contributed by atoms with Gasteiger partial charge in [0.2, 0.25) is 0 Å². The number of carbonyl (C=O) groups excluding carboxylic acids is 1. The maximum Gasteiger partial charge on any atom is 0.133 e. The molecule has 0 saturated heterocycles. The summed E-state index contributed by atoms with van der Waals surface area (Å²) >= 11 is 0. The lowest BCUT2D eigenvalue weighted by atomic mass is 9.44. The lowest BCUT2D eigenvalue weighted by Crippen LogP contribution is -2.58. The standard InChI is InChI=1S/C22H37NO2/c1-13(24)16-7-8-17-15-6-5-14-11-19(23-4)20(25)12-22(14,3)18(15)9-10-21(16,17)2/h14-20,23,25H,5-12H2,1-4H3/t14?,15-,16+,17-,18-,19?,20?,21+,22-/m0/s1. The molecule has 0 aliphatic heterocycles. The molecule has 2 N–H and O–H groups in total. The van der Waals surface area contributed by atoms with Crippen molar-refractivity contribution < 1.29 is 9.90 Å². The number of fused-ring (bicyclic) bond motifs is 5. The summed E-state index contributed by atoms with van der Waals surface area (Å²) in [6.07, 6.45) is 9.42. The first-order valence-electron chi connectivity index (χ1n) is 10.7. The van der Waals surface area contributed by atoms with Crippen LogP contribution in [0, 0.1) is 40.4 Å². The number of ketones is 1. The Morgan fingerprint density at radius 1 is 1.04 bits per heavy atom. The van der Waals surface area contributed by atoms with Gasteiger partial charge in [-0.3, -0.25) is 4.79 Å². The minimum absolute atomic E-state index is 0.202. The highest BCUT2D eigenvalue weighted by molar-refractivity contribution is 5.79. The van der Waals surface area contributed by atoms with Gasteiger partial charge in [0, 0.05) is 12.0 Å². The van der Waals surface area contributed by atoms with Gasteiger partial charge in [-0.15, -0.1) is 0 Å². The van der Waals surface area contributed by atoms with Crippen LogP contribution in [0.25, 0.3) is 0 Å². The summed E-state index contributed by atoms with van der Waals surface area (Å²) in [5.74, 6) is 3.74. The van der Waals surface area contributed by atoms with Crippen LogP contribution in [0.15, 0.2) is 0 Å². The maximum atomic E-state index is 12.2. The van der Waals surface area contributed by atoms with Gasteiger partial charge in [0.25, 0.3) is 0 Å². The molecule has 25 heavy (non-hydrogen) atoms. The zero-order chi connectivity index (χ0) is 18.0. The van der Waals surface area contributed by atoms with Crippen LogP contribution < -0.4 is 5.32 Å². The van der Waals surface area contributed by atoms with Crippen molar-refractivity contribution in [2.45, 2.75) is 84.3 Å². The van der Waals surface area contributed by atoms with E-state index in [4.69, 9.17) is 0 Å². The van der Waals surface area contributed by atoms with Crippen LogP contribution in [0.1, 0.15) is 72.1 Å². The fourth-order valence-corrected chi connectivity index (χ4v) is 8.27. The van der Waals surface area contributed by atoms with Crippen LogP contribution in [-0.4, -0.2) is 30.1 Å². The van der Waals surface area contributed by atoms with Gasteiger partial charge in [0.15, 0.2) is 0 Å². The summed E-state index contributed by atoms with van der Waals surface area (Å²) in [6.45, 7) is 6.73. The van der Waals surface area contributed by atoms with Gasteiger partial charge in [-0.05, 0) is 99.8 Å². The molecule has 4 aliphatic rings. The van der Waals surface area contributed by atoms with Gasteiger partial charge in [-0.2, -0.15) is 0 Å². The topological polar surface area (TPSA) is 49.3 Å². The van der Waals surface area contributed by atoms with Gasteiger partial charge >= 0.3 is 0 Å². The maximum absolute atomic E-state index is 12.2. The number of hydrogen-bond acceptors (Lipinski definition) is 3. The Kier molecular flexibility index (Phi) is 4.35. The van der Waals surface area contributed by atoms with Gasteiger partial charge < -0.3 is 10.4 Å². The molecule has 0 radical (unpaired) electrons.